The number of amides is 1. The zero-order chi connectivity index (χ0) is 21.1. The predicted octanol–water partition coefficient (Wildman–Crippen LogP) is 4.60. The molecule has 1 N–H and O–H groups in total. The molecule has 1 atom stereocenters. The highest BCUT2D eigenvalue weighted by Crippen LogP contribution is 2.31. The molecule has 1 aromatic carbocycles. The van der Waals surface area contributed by atoms with Crippen molar-refractivity contribution >= 4 is 32.7 Å². The number of benzene rings is 1. The van der Waals surface area contributed by atoms with Crippen molar-refractivity contribution in [3.05, 3.63) is 65.1 Å². The van der Waals surface area contributed by atoms with Gasteiger partial charge in [-0.25, -0.2) is 0 Å². The summed E-state index contributed by atoms with van der Waals surface area (Å²) < 4.78 is 0. The highest BCUT2D eigenvalue weighted by Gasteiger charge is 2.29. The molecule has 158 valence electrons. The molecule has 0 aliphatic carbocycles. The van der Waals surface area contributed by atoms with Gasteiger partial charge in [-0.15, -0.1) is 0 Å². The van der Waals surface area contributed by atoms with E-state index in [1.54, 1.807) is 6.20 Å². The lowest BCUT2D eigenvalue weighted by atomic mass is 10.0. The number of fused-ring (bicyclic) bond motifs is 3. The SMILES string of the molecule is Cc1ccc2[nH]c3c(c2c1)CN(C)CC3.O=C(CBr)N1CCCC1c1cccnc1. The van der Waals surface area contributed by atoms with Gasteiger partial charge in [0.25, 0.3) is 0 Å². The zero-order valence-corrected chi connectivity index (χ0v) is 19.3. The number of aryl methyl sites for hydroxylation is 1. The van der Waals surface area contributed by atoms with E-state index in [1.807, 2.05) is 23.2 Å². The maximum atomic E-state index is 11.7. The van der Waals surface area contributed by atoms with Crippen LogP contribution in [0.4, 0.5) is 0 Å². The lowest BCUT2D eigenvalue weighted by molar-refractivity contribution is -0.129. The van der Waals surface area contributed by atoms with Crippen molar-refractivity contribution in [3.8, 4) is 0 Å². The number of aromatic nitrogens is 2. The average Bonchev–Trinajstić information content (AvgIpc) is 3.39. The molecule has 0 bridgehead atoms. The number of nitrogens with one attached hydrogen (secondary N) is 1. The number of nitrogens with zero attached hydrogens (tertiary/aromatic N) is 3. The standard InChI is InChI=1S/C13H16N2.C11H13BrN2O/c1-9-3-4-12-10(7-9)11-8-15(2)6-5-13(11)14-12;12-7-11(15)14-6-2-4-10(14)9-3-1-5-13-8-9/h3-4,7,14H,5-6,8H2,1-2H3;1,3,5,8,10H,2,4,6-7H2. The van der Waals surface area contributed by atoms with Gasteiger partial charge in [0.05, 0.1) is 11.4 Å². The van der Waals surface area contributed by atoms with Gasteiger partial charge in [0.15, 0.2) is 0 Å². The normalized spacial score (nSPS) is 18.8. The van der Waals surface area contributed by atoms with Crippen LogP contribution in [0.15, 0.2) is 42.7 Å². The average molecular weight is 469 g/mol. The van der Waals surface area contributed by atoms with E-state index < -0.39 is 0 Å². The molecule has 1 amide bonds. The van der Waals surface area contributed by atoms with Crippen LogP contribution in [0.5, 0.6) is 0 Å². The van der Waals surface area contributed by atoms with E-state index in [2.05, 4.69) is 63.0 Å². The van der Waals surface area contributed by atoms with E-state index >= 15 is 0 Å². The molecule has 1 saturated heterocycles. The first kappa shape index (κ1) is 21.1. The number of likely N-dealkylation sites (N-methyl/N-ethyl adjacent to an activating group) is 1. The first-order chi connectivity index (χ1) is 14.6. The molecule has 1 fully saturated rings. The van der Waals surface area contributed by atoms with Crippen LogP contribution in [0, 0.1) is 6.92 Å². The minimum atomic E-state index is 0.168. The van der Waals surface area contributed by atoms with Crippen LogP contribution in [-0.4, -0.2) is 51.1 Å². The van der Waals surface area contributed by atoms with Gasteiger partial charge < -0.3 is 14.8 Å². The van der Waals surface area contributed by atoms with Crippen LogP contribution >= 0.6 is 15.9 Å². The fourth-order valence-electron chi connectivity index (χ4n) is 4.52. The number of rotatable bonds is 2. The van der Waals surface area contributed by atoms with E-state index in [0.717, 1.165) is 37.9 Å². The fourth-order valence-corrected chi connectivity index (χ4v) is 4.85. The van der Waals surface area contributed by atoms with Gasteiger partial charge in [-0.05, 0) is 56.1 Å². The molecule has 0 radical (unpaired) electrons. The number of pyridine rings is 1. The smallest absolute Gasteiger partial charge is 0.233 e. The van der Waals surface area contributed by atoms with Gasteiger partial charge in [0.1, 0.15) is 0 Å². The third-order valence-corrected chi connectivity index (χ3v) is 6.56. The van der Waals surface area contributed by atoms with Crippen LogP contribution in [-0.2, 0) is 17.8 Å². The number of alkyl halides is 1. The number of carbonyl (C=O) groups is 1. The van der Waals surface area contributed by atoms with Crippen molar-refractivity contribution in [2.24, 2.45) is 0 Å². The summed E-state index contributed by atoms with van der Waals surface area (Å²) in [5.74, 6) is 0.168. The van der Waals surface area contributed by atoms with Crippen molar-refractivity contribution in [1.82, 2.24) is 19.8 Å². The molecule has 30 heavy (non-hydrogen) atoms. The van der Waals surface area contributed by atoms with Crippen LogP contribution in [0.1, 0.15) is 41.3 Å². The first-order valence-corrected chi connectivity index (χ1v) is 11.7. The highest BCUT2D eigenvalue weighted by atomic mass is 79.9. The third kappa shape index (κ3) is 4.44. The topological polar surface area (TPSA) is 52.2 Å². The summed E-state index contributed by atoms with van der Waals surface area (Å²) in [5, 5.41) is 1.82. The van der Waals surface area contributed by atoms with E-state index in [4.69, 9.17) is 0 Å². The summed E-state index contributed by atoms with van der Waals surface area (Å²) in [4.78, 5) is 23.6. The van der Waals surface area contributed by atoms with E-state index in [1.165, 1.54) is 34.3 Å². The maximum absolute atomic E-state index is 11.7. The molecular formula is C24H29BrN4O. The Morgan fingerprint density at radius 3 is 2.93 bits per heavy atom. The molecule has 1 unspecified atom stereocenters. The summed E-state index contributed by atoms with van der Waals surface area (Å²) in [7, 11) is 2.19. The summed E-state index contributed by atoms with van der Waals surface area (Å²) in [6, 6.07) is 10.9. The molecule has 6 heteroatoms. The number of carbonyl (C=O) groups excluding carboxylic acids is 1. The Morgan fingerprint density at radius 1 is 1.30 bits per heavy atom. The van der Waals surface area contributed by atoms with Gasteiger partial charge in [0, 0.05) is 55.0 Å². The largest absolute Gasteiger partial charge is 0.358 e. The predicted molar refractivity (Wildman–Crippen MR) is 125 cm³/mol. The van der Waals surface area contributed by atoms with E-state index in [9.17, 15) is 4.79 Å². The van der Waals surface area contributed by atoms with Gasteiger partial charge >= 0.3 is 0 Å². The number of halogens is 1. The molecule has 4 heterocycles. The maximum Gasteiger partial charge on any atom is 0.233 e. The Balaban J connectivity index is 0.000000145. The number of hydrogen-bond donors (Lipinski definition) is 1. The van der Waals surface area contributed by atoms with Crippen molar-refractivity contribution in [2.75, 3.05) is 25.5 Å². The highest BCUT2D eigenvalue weighted by molar-refractivity contribution is 9.09. The molecule has 3 aromatic rings. The molecule has 5 rings (SSSR count). The second-order valence-corrected chi connectivity index (χ2v) is 8.84. The van der Waals surface area contributed by atoms with Crippen LogP contribution in [0.2, 0.25) is 0 Å². The number of H-pyrrole nitrogens is 1. The summed E-state index contributed by atoms with van der Waals surface area (Å²) >= 11 is 3.22. The second-order valence-electron chi connectivity index (χ2n) is 8.28. The molecule has 2 aromatic heterocycles. The second kappa shape index (κ2) is 9.31. The minimum absolute atomic E-state index is 0.168. The van der Waals surface area contributed by atoms with Crippen LogP contribution in [0.3, 0.4) is 0 Å². The monoisotopic (exact) mass is 468 g/mol. The van der Waals surface area contributed by atoms with E-state index in [-0.39, 0.29) is 11.9 Å². The molecule has 0 saturated carbocycles. The Kier molecular flexibility index (Phi) is 6.54. The lowest BCUT2D eigenvalue weighted by Crippen LogP contribution is -2.31. The molecule has 0 spiro atoms. The minimum Gasteiger partial charge on any atom is -0.358 e. The van der Waals surface area contributed by atoms with Gasteiger partial charge in [-0.2, -0.15) is 0 Å². The lowest BCUT2D eigenvalue weighted by Gasteiger charge is -2.23. The summed E-state index contributed by atoms with van der Waals surface area (Å²) in [5.41, 5.74) is 6.72. The zero-order valence-electron chi connectivity index (χ0n) is 17.7. The van der Waals surface area contributed by atoms with Gasteiger partial charge in [0.2, 0.25) is 5.91 Å². The Morgan fingerprint density at radius 2 is 2.17 bits per heavy atom. The van der Waals surface area contributed by atoms with Crippen LogP contribution in [0.25, 0.3) is 10.9 Å². The van der Waals surface area contributed by atoms with E-state index in [0.29, 0.717) is 5.33 Å². The van der Waals surface area contributed by atoms with Crippen molar-refractivity contribution in [1.29, 1.82) is 0 Å². The van der Waals surface area contributed by atoms with Gasteiger partial charge in [-0.3, -0.25) is 9.78 Å². The molecule has 5 nitrogen and oxygen atoms in total. The third-order valence-electron chi connectivity index (χ3n) is 6.08. The van der Waals surface area contributed by atoms with Crippen molar-refractivity contribution in [3.63, 3.8) is 0 Å². The van der Waals surface area contributed by atoms with Crippen molar-refractivity contribution in [2.45, 2.75) is 38.8 Å². The molecular weight excluding hydrogens is 440 g/mol. The number of aromatic amines is 1. The number of likely N-dealkylation sites (tertiary alicyclic amines) is 1. The Bertz CT molecular complexity index is 1020. The van der Waals surface area contributed by atoms with Crippen LogP contribution < -0.4 is 0 Å². The first-order valence-electron chi connectivity index (χ1n) is 10.6. The Hall–Kier alpha value is -2.18. The molecule has 2 aliphatic rings. The quantitative estimate of drug-likeness (QED) is 0.558. The summed E-state index contributed by atoms with van der Waals surface area (Å²) in [6.07, 6.45) is 6.89. The fraction of sp³-hybridized carbons (Fsp3) is 0.417. The number of hydrogen-bond acceptors (Lipinski definition) is 3. The summed E-state index contributed by atoms with van der Waals surface area (Å²) in [6.45, 7) is 5.27. The Labute approximate surface area is 186 Å². The van der Waals surface area contributed by atoms with Crippen molar-refractivity contribution < 1.29 is 4.79 Å². The van der Waals surface area contributed by atoms with Gasteiger partial charge in [-0.1, -0.05) is 33.6 Å². The molecule has 2 aliphatic heterocycles.